The number of piperidine rings is 1. The third-order valence-corrected chi connectivity index (χ3v) is 5.62. The predicted molar refractivity (Wildman–Crippen MR) is 88.7 cm³/mol. The molecule has 1 aromatic rings. The van der Waals surface area contributed by atoms with E-state index in [1.807, 2.05) is 24.0 Å². The summed E-state index contributed by atoms with van der Waals surface area (Å²) in [5.74, 6) is -2.16. The van der Waals surface area contributed by atoms with Crippen molar-refractivity contribution in [3.63, 3.8) is 0 Å². The van der Waals surface area contributed by atoms with Crippen LogP contribution in [0.25, 0.3) is 0 Å². The Hall–Kier alpha value is -1.99. The van der Waals surface area contributed by atoms with Gasteiger partial charge in [-0.2, -0.15) is 5.10 Å². The quantitative estimate of drug-likeness (QED) is 0.887. The van der Waals surface area contributed by atoms with Crippen LogP contribution in [0.3, 0.4) is 0 Å². The van der Waals surface area contributed by atoms with Gasteiger partial charge in [0.2, 0.25) is 0 Å². The first-order chi connectivity index (χ1) is 11.9. The fourth-order valence-electron chi connectivity index (χ4n) is 3.82. The standard InChI is InChI=1S/C17H23F2N5O/c1-12-2-5-14(22-21-12)23-8-6-16(10-23)11-24(9-7-17(16,18)19)15(25)20-13-3-4-13/h2,5,13H,3-4,6-11H2,1H3,(H,20,25). The zero-order valence-corrected chi connectivity index (χ0v) is 14.3. The summed E-state index contributed by atoms with van der Waals surface area (Å²) in [6.45, 7) is 2.75. The Labute approximate surface area is 145 Å². The number of nitrogens with one attached hydrogen (secondary N) is 1. The molecule has 3 heterocycles. The second-order valence-electron chi connectivity index (χ2n) is 7.58. The molecule has 25 heavy (non-hydrogen) atoms. The fraction of sp³-hybridized carbons (Fsp3) is 0.706. The van der Waals surface area contributed by atoms with Crippen LogP contribution < -0.4 is 10.2 Å². The van der Waals surface area contributed by atoms with Gasteiger partial charge < -0.3 is 15.1 Å². The minimum Gasteiger partial charge on any atom is -0.354 e. The van der Waals surface area contributed by atoms with Crippen LogP contribution in [0.15, 0.2) is 12.1 Å². The first-order valence-corrected chi connectivity index (χ1v) is 8.87. The number of rotatable bonds is 2. The van der Waals surface area contributed by atoms with E-state index in [4.69, 9.17) is 0 Å². The van der Waals surface area contributed by atoms with Crippen molar-refractivity contribution < 1.29 is 13.6 Å². The molecule has 6 nitrogen and oxygen atoms in total. The normalized spacial score (nSPS) is 28.4. The number of hydrogen-bond donors (Lipinski definition) is 1. The second kappa shape index (κ2) is 5.78. The number of alkyl halides is 2. The van der Waals surface area contributed by atoms with Gasteiger partial charge >= 0.3 is 6.03 Å². The van der Waals surface area contributed by atoms with Crippen LogP contribution in [0.2, 0.25) is 0 Å². The monoisotopic (exact) mass is 351 g/mol. The van der Waals surface area contributed by atoms with Crippen LogP contribution in [0.5, 0.6) is 0 Å². The number of likely N-dealkylation sites (tertiary alicyclic amines) is 1. The number of aryl methyl sites for hydroxylation is 1. The molecule has 1 atom stereocenters. The summed E-state index contributed by atoms with van der Waals surface area (Å²) in [5.41, 5.74) is -0.415. The summed E-state index contributed by atoms with van der Waals surface area (Å²) in [6, 6.07) is 3.68. The average Bonchev–Trinajstić information content (AvgIpc) is 3.28. The number of amides is 2. The van der Waals surface area contributed by atoms with E-state index in [1.54, 1.807) is 4.90 Å². The van der Waals surface area contributed by atoms with Crippen molar-refractivity contribution in [2.75, 3.05) is 31.1 Å². The summed E-state index contributed by atoms with van der Waals surface area (Å²) in [7, 11) is 0. The molecule has 8 heteroatoms. The lowest BCUT2D eigenvalue weighted by Gasteiger charge is -2.45. The maximum absolute atomic E-state index is 14.8. The van der Waals surface area contributed by atoms with Gasteiger partial charge in [0.25, 0.3) is 5.92 Å². The Morgan fingerprint density at radius 3 is 2.68 bits per heavy atom. The lowest BCUT2D eigenvalue weighted by Crippen LogP contribution is -2.59. The van der Waals surface area contributed by atoms with E-state index in [9.17, 15) is 13.6 Å². The van der Waals surface area contributed by atoms with Crippen molar-refractivity contribution in [2.24, 2.45) is 5.41 Å². The molecule has 1 aliphatic carbocycles. The number of carbonyl (C=O) groups excluding carboxylic acids is 1. The number of halogens is 2. The van der Waals surface area contributed by atoms with Crippen molar-refractivity contribution >= 4 is 11.8 Å². The van der Waals surface area contributed by atoms with E-state index in [2.05, 4.69) is 15.5 Å². The van der Waals surface area contributed by atoms with Gasteiger partial charge in [0.15, 0.2) is 5.82 Å². The molecule has 0 aromatic carbocycles. The number of anilines is 1. The van der Waals surface area contributed by atoms with Crippen molar-refractivity contribution in [2.45, 2.75) is 44.6 Å². The van der Waals surface area contributed by atoms with Gasteiger partial charge in [-0.15, -0.1) is 5.10 Å². The molecule has 3 fully saturated rings. The van der Waals surface area contributed by atoms with Gasteiger partial charge in [-0.05, 0) is 38.3 Å². The first-order valence-electron chi connectivity index (χ1n) is 8.87. The molecule has 136 valence electrons. The molecule has 1 aromatic heterocycles. The number of urea groups is 1. The maximum Gasteiger partial charge on any atom is 0.317 e. The summed E-state index contributed by atoms with van der Waals surface area (Å²) < 4.78 is 29.6. The van der Waals surface area contributed by atoms with Crippen LogP contribution in [-0.2, 0) is 0 Å². The van der Waals surface area contributed by atoms with Gasteiger partial charge in [-0.1, -0.05) is 0 Å². The average molecular weight is 351 g/mol. The molecule has 1 N–H and O–H groups in total. The predicted octanol–water partition coefficient (Wildman–Crippen LogP) is 2.19. The molecule has 2 amide bonds. The Balaban J connectivity index is 1.51. The number of aromatic nitrogens is 2. The van der Waals surface area contributed by atoms with Crippen molar-refractivity contribution in [1.29, 1.82) is 0 Å². The second-order valence-corrected chi connectivity index (χ2v) is 7.58. The van der Waals surface area contributed by atoms with Crippen molar-refractivity contribution in [3.8, 4) is 0 Å². The van der Waals surface area contributed by atoms with Crippen LogP contribution >= 0.6 is 0 Å². The molecule has 1 saturated carbocycles. The van der Waals surface area contributed by atoms with Crippen LogP contribution in [0.4, 0.5) is 19.4 Å². The SMILES string of the molecule is Cc1ccc(N2CCC3(CN(C(=O)NC4CC4)CCC3(F)F)C2)nn1. The molecule has 0 radical (unpaired) electrons. The maximum atomic E-state index is 14.8. The van der Waals surface area contributed by atoms with Crippen molar-refractivity contribution in [3.05, 3.63) is 17.8 Å². The van der Waals surface area contributed by atoms with Gasteiger partial charge in [0.1, 0.15) is 0 Å². The van der Waals surface area contributed by atoms with E-state index < -0.39 is 11.3 Å². The molecular formula is C17H23F2N5O. The highest BCUT2D eigenvalue weighted by Crippen LogP contribution is 2.50. The van der Waals surface area contributed by atoms with Gasteiger partial charge in [-0.25, -0.2) is 13.6 Å². The minimum atomic E-state index is -2.78. The molecule has 1 spiro atoms. The zero-order valence-electron chi connectivity index (χ0n) is 14.3. The lowest BCUT2D eigenvalue weighted by atomic mass is 9.75. The summed E-state index contributed by atoms with van der Waals surface area (Å²) in [5, 5.41) is 11.1. The highest BCUT2D eigenvalue weighted by Gasteiger charge is 2.60. The number of nitrogens with zero attached hydrogens (tertiary/aromatic N) is 4. The van der Waals surface area contributed by atoms with E-state index in [0.717, 1.165) is 18.5 Å². The molecule has 1 unspecified atom stereocenters. The fourth-order valence-corrected chi connectivity index (χ4v) is 3.82. The van der Waals surface area contributed by atoms with E-state index in [-0.39, 0.29) is 38.1 Å². The Kier molecular flexibility index (Phi) is 3.81. The lowest BCUT2D eigenvalue weighted by molar-refractivity contribution is -0.149. The van der Waals surface area contributed by atoms with Crippen LogP contribution in [-0.4, -0.2) is 59.3 Å². The van der Waals surface area contributed by atoms with Gasteiger partial charge in [0.05, 0.1) is 11.1 Å². The minimum absolute atomic E-state index is 0.0916. The molecule has 2 aliphatic heterocycles. The molecule has 4 rings (SSSR count). The Morgan fingerprint density at radius 2 is 2.00 bits per heavy atom. The van der Waals surface area contributed by atoms with E-state index >= 15 is 0 Å². The van der Waals surface area contributed by atoms with Gasteiger partial charge in [0, 0.05) is 38.6 Å². The smallest absolute Gasteiger partial charge is 0.317 e. The molecule has 3 aliphatic rings. The topological polar surface area (TPSA) is 61.4 Å². The Morgan fingerprint density at radius 1 is 1.20 bits per heavy atom. The highest BCUT2D eigenvalue weighted by molar-refractivity contribution is 5.75. The molecule has 0 bridgehead atoms. The first kappa shape index (κ1) is 16.5. The summed E-state index contributed by atoms with van der Waals surface area (Å²) in [6.07, 6.45) is 2.04. The largest absolute Gasteiger partial charge is 0.354 e. The molecular weight excluding hydrogens is 328 g/mol. The summed E-state index contributed by atoms with van der Waals surface area (Å²) >= 11 is 0. The highest BCUT2D eigenvalue weighted by atomic mass is 19.3. The third kappa shape index (κ3) is 3.02. The third-order valence-electron chi connectivity index (χ3n) is 5.62. The number of carbonyl (C=O) groups is 1. The van der Waals surface area contributed by atoms with Crippen LogP contribution in [0, 0.1) is 12.3 Å². The van der Waals surface area contributed by atoms with E-state index in [0.29, 0.717) is 18.8 Å². The van der Waals surface area contributed by atoms with E-state index in [1.165, 1.54) is 0 Å². The number of hydrogen-bond acceptors (Lipinski definition) is 4. The summed E-state index contributed by atoms with van der Waals surface area (Å²) in [4.78, 5) is 15.8. The molecule has 2 saturated heterocycles. The zero-order chi connectivity index (χ0) is 17.7. The van der Waals surface area contributed by atoms with Crippen LogP contribution in [0.1, 0.15) is 31.4 Å². The van der Waals surface area contributed by atoms with Gasteiger partial charge in [-0.3, -0.25) is 0 Å². The Bertz CT molecular complexity index is 664. The van der Waals surface area contributed by atoms with Crippen molar-refractivity contribution in [1.82, 2.24) is 20.4 Å².